The first-order chi connectivity index (χ1) is 11.1. The van der Waals surface area contributed by atoms with Crippen LogP contribution in [-0.2, 0) is 11.2 Å². The Bertz CT molecular complexity index is 467. The van der Waals surface area contributed by atoms with Crippen LogP contribution in [0.15, 0.2) is 30.3 Å². The molecule has 0 radical (unpaired) electrons. The third kappa shape index (κ3) is 5.33. The van der Waals surface area contributed by atoms with Crippen LogP contribution < -0.4 is 5.73 Å². The molecule has 1 aliphatic rings. The summed E-state index contributed by atoms with van der Waals surface area (Å²) in [5.74, 6) is 0.256. The summed E-state index contributed by atoms with van der Waals surface area (Å²) in [6.07, 6.45) is 4.43. The largest absolute Gasteiger partial charge is 0.336 e. The lowest BCUT2D eigenvalue weighted by Crippen LogP contribution is -2.51. The molecule has 1 aromatic carbocycles. The first kappa shape index (κ1) is 18.0. The maximum absolute atomic E-state index is 12.8. The van der Waals surface area contributed by atoms with Gasteiger partial charge in [-0.05, 0) is 45.1 Å². The van der Waals surface area contributed by atoms with Crippen molar-refractivity contribution in [2.24, 2.45) is 5.73 Å². The molecule has 2 unspecified atom stereocenters. The van der Waals surface area contributed by atoms with Crippen LogP contribution in [0.1, 0.15) is 38.7 Å². The van der Waals surface area contributed by atoms with Gasteiger partial charge in [0.15, 0.2) is 0 Å². The van der Waals surface area contributed by atoms with Crippen LogP contribution in [0.3, 0.4) is 0 Å². The molecule has 0 bridgehead atoms. The summed E-state index contributed by atoms with van der Waals surface area (Å²) in [6, 6.07) is 11.1. The number of piperidine rings is 1. The zero-order valence-corrected chi connectivity index (χ0v) is 14.6. The van der Waals surface area contributed by atoms with E-state index in [1.54, 1.807) is 0 Å². The van der Waals surface area contributed by atoms with Crippen molar-refractivity contribution < 1.29 is 4.79 Å². The highest BCUT2D eigenvalue weighted by Crippen LogP contribution is 2.22. The van der Waals surface area contributed by atoms with Crippen molar-refractivity contribution in [1.29, 1.82) is 0 Å². The van der Waals surface area contributed by atoms with Gasteiger partial charge in [-0.3, -0.25) is 9.69 Å². The van der Waals surface area contributed by atoms with E-state index >= 15 is 0 Å². The molecule has 1 aliphatic heterocycles. The first-order valence-electron chi connectivity index (χ1n) is 8.89. The van der Waals surface area contributed by atoms with Crippen molar-refractivity contribution in [1.82, 2.24) is 9.80 Å². The SMILES string of the molecule is CC1CCCC(C)N1C(=O)CN(CCN)CCc1ccccc1. The van der Waals surface area contributed by atoms with Crippen molar-refractivity contribution in [3.05, 3.63) is 35.9 Å². The van der Waals surface area contributed by atoms with E-state index in [4.69, 9.17) is 5.73 Å². The highest BCUT2D eigenvalue weighted by molar-refractivity contribution is 5.79. The normalized spacial score (nSPS) is 21.7. The van der Waals surface area contributed by atoms with E-state index in [9.17, 15) is 4.79 Å². The molecule has 2 N–H and O–H groups in total. The zero-order valence-electron chi connectivity index (χ0n) is 14.6. The summed E-state index contributed by atoms with van der Waals surface area (Å²) >= 11 is 0. The molecule has 2 rings (SSSR count). The number of hydrogen-bond donors (Lipinski definition) is 1. The second-order valence-corrected chi connectivity index (χ2v) is 6.73. The molecule has 4 heteroatoms. The van der Waals surface area contributed by atoms with E-state index in [-0.39, 0.29) is 5.91 Å². The molecule has 1 heterocycles. The Balaban J connectivity index is 1.91. The predicted molar refractivity (Wildman–Crippen MR) is 95.3 cm³/mol. The molecule has 0 spiro atoms. The topological polar surface area (TPSA) is 49.6 Å². The number of amides is 1. The monoisotopic (exact) mass is 317 g/mol. The molecule has 1 saturated heterocycles. The number of nitrogens with zero attached hydrogens (tertiary/aromatic N) is 2. The second kappa shape index (κ2) is 9.04. The summed E-state index contributed by atoms with van der Waals surface area (Å²) in [4.78, 5) is 17.0. The van der Waals surface area contributed by atoms with Crippen LogP contribution in [0.25, 0.3) is 0 Å². The fraction of sp³-hybridized carbons (Fsp3) is 0.632. The van der Waals surface area contributed by atoms with Crippen molar-refractivity contribution >= 4 is 5.91 Å². The first-order valence-corrected chi connectivity index (χ1v) is 8.89. The molecular weight excluding hydrogens is 286 g/mol. The van der Waals surface area contributed by atoms with Gasteiger partial charge in [-0.15, -0.1) is 0 Å². The summed E-state index contributed by atoms with van der Waals surface area (Å²) in [6.45, 7) is 7.07. The molecule has 0 aromatic heterocycles. The van der Waals surface area contributed by atoms with Crippen LogP contribution >= 0.6 is 0 Å². The number of carbonyl (C=O) groups excluding carboxylic acids is 1. The third-order valence-electron chi connectivity index (χ3n) is 4.85. The Morgan fingerprint density at radius 2 is 1.83 bits per heavy atom. The van der Waals surface area contributed by atoms with Crippen molar-refractivity contribution in [3.63, 3.8) is 0 Å². The van der Waals surface area contributed by atoms with Gasteiger partial charge in [-0.25, -0.2) is 0 Å². The van der Waals surface area contributed by atoms with Gasteiger partial charge in [-0.2, -0.15) is 0 Å². The number of carbonyl (C=O) groups is 1. The van der Waals surface area contributed by atoms with Gasteiger partial charge in [-0.1, -0.05) is 30.3 Å². The molecule has 0 saturated carbocycles. The Kier molecular flexibility index (Phi) is 7.06. The maximum atomic E-state index is 12.8. The lowest BCUT2D eigenvalue weighted by Gasteiger charge is -2.40. The number of hydrogen-bond acceptors (Lipinski definition) is 3. The number of rotatable bonds is 7. The Hall–Kier alpha value is -1.39. The summed E-state index contributed by atoms with van der Waals surface area (Å²) in [5.41, 5.74) is 7.05. The maximum Gasteiger partial charge on any atom is 0.237 e. The van der Waals surface area contributed by atoms with Gasteiger partial charge in [0.25, 0.3) is 0 Å². The molecule has 1 fully saturated rings. The van der Waals surface area contributed by atoms with Crippen LogP contribution in [0.5, 0.6) is 0 Å². The molecule has 128 valence electrons. The molecule has 0 aliphatic carbocycles. The average Bonchev–Trinajstić information content (AvgIpc) is 2.53. The average molecular weight is 317 g/mol. The Morgan fingerprint density at radius 1 is 1.17 bits per heavy atom. The van der Waals surface area contributed by atoms with Crippen LogP contribution in [0, 0.1) is 0 Å². The van der Waals surface area contributed by atoms with E-state index in [1.807, 2.05) is 6.07 Å². The minimum absolute atomic E-state index is 0.256. The summed E-state index contributed by atoms with van der Waals surface area (Å²) in [5, 5.41) is 0. The van der Waals surface area contributed by atoms with E-state index in [2.05, 4.69) is 47.9 Å². The van der Waals surface area contributed by atoms with Crippen LogP contribution in [-0.4, -0.2) is 54.0 Å². The second-order valence-electron chi connectivity index (χ2n) is 6.73. The van der Waals surface area contributed by atoms with Gasteiger partial charge < -0.3 is 10.6 Å². The van der Waals surface area contributed by atoms with E-state index < -0.39 is 0 Å². The lowest BCUT2D eigenvalue weighted by molar-refractivity contribution is -0.138. The Morgan fingerprint density at radius 3 is 2.43 bits per heavy atom. The fourth-order valence-electron chi connectivity index (χ4n) is 3.57. The highest BCUT2D eigenvalue weighted by Gasteiger charge is 2.29. The highest BCUT2D eigenvalue weighted by atomic mass is 16.2. The Labute approximate surface area is 140 Å². The van der Waals surface area contributed by atoms with E-state index in [0.717, 1.165) is 32.4 Å². The summed E-state index contributed by atoms with van der Waals surface area (Å²) in [7, 11) is 0. The van der Waals surface area contributed by atoms with E-state index in [1.165, 1.54) is 12.0 Å². The van der Waals surface area contributed by atoms with Gasteiger partial charge in [0.1, 0.15) is 0 Å². The molecule has 23 heavy (non-hydrogen) atoms. The number of likely N-dealkylation sites (tertiary alicyclic amines) is 1. The van der Waals surface area contributed by atoms with Crippen LogP contribution in [0.2, 0.25) is 0 Å². The predicted octanol–water partition coefficient (Wildman–Crippen LogP) is 2.28. The lowest BCUT2D eigenvalue weighted by atomic mass is 9.97. The van der Waals surface area contributed by atoms with Crippen molar-refractivity contribution in [2.45, 2.75) is 51.6 Å². The van der Waals surface area contributed by atoms with Crippen molar-refractivity contribution in [3.8, 4) is 0 Å². The summed E-state index contributed by atoms with van der Waals surface area (Å²) < 4.78 is 0. The van der Waals surface area contributed by atoms with Gasteiger partial charge in [0, 0.05) is 31.7 Å². The number of benzene rings is 1. The standard InChI is InChI=1S/C19H31N3O/c1-16-7-6-8-17(2)22(16)19(23)15-21(14-12-20)13-11-18-9-4-3-5-10-18/h3-5,9-10,16-17H,6-8,11-15,20H2,1-2H3. The quantitative estimate of drug-likeness (QED) is 0.839. The zero-order chi connectivity index (χ0) is 16.7. The minimum atomic E-state index is 0.256. The molecule has 4 nitrogen and oxygen atoms in total. The fourth-order valence-corrected chi connectivity index (χ4v) is 3.57. The molecule has 1 amide bonds. The smallest absolute Gasteiger partial charge is 0.237 e. The minimum Gasteiger partial charge on any atom is -0.336 e. The van der Waals surface area contributed by atoms with Gasteiger partial charge in [0.05, 0.1) is 6.54 Å². The van der Waals surface area contributed by atoms with Gasteiger partial charge in [0.2, 0.25) is 5.91 Å². The van der Waals surface area contributed by atoms with Gasteiger partial charge >= 0.3 is 0 Å². The molecular formula is C19H31N3O. The number of nitrogens with two attached hydrogens (primary N) is 1. The van der Waals surface area contributed by atoms with Crippen molar-refractivity contribution in [2.75, 3.05) is 26.2 Å². The van der Waals surface area contributed by atoms with E-state index in [0.29, 0.717) is 25.2 Å². The van der Waals surface area contributed by atoms with Crippen LogP contribution in [0.4, 0.5) is 0 Å². The molecule has 2 atom stereocenters. The third-order valence-corrected chi connectivity index (χ3v) is 4.85. The molecule has 1 aromatic rings.